The lowest BCUT2D eigenvalue weighted by molar-refractivity contribution is 0.0669. The molecule has 0 aromatic heterocycles. The number of nitrogens with one attached hydrogen (secondary N) is 1. The molecule has 2 heterocycles. The fourth-order valence-electron chi connectivity index (χ4n) is 2.98. The van der Waals surface area contributed by atoms with E-state index < -0.39 is 0 Å². The number of hydrogen-bond acceptors (Lipinski definition) is 2. The van der Waals surface area contributed by atoms with E-state index in [4.69, 9.17) is 0 Å². The number of benzene rings is 1. The molecule has 0 bridgehead atoms. The van der Waals surface area contributed by atoms with Crippen LogP contribution in [-0.4, -0.2) is 42.0 Å². The van der Waals surface area contributed by atoms with Gasteiger partial charge in [0.05, 0.1) is 0 Å². The standard InChI is InChI=1S/C14H18N2O.H2O/c17-14(12-4-2-1-3-5-12)16-9-7-11-6-8-15-13(11)10-16;/h1-5,11,13,15H,6-10H2;1H2. The zero-order chi connectivity index (χ0) is 11.7. The van der Waals surface area contributed by atoms with Gasteiger partial charge < -0.3 is 15.7 Å². The minimum atomic E-state index is 0. The van der Waals surface area contributed by atoms with Crippen molar-refractivity contribution in [3.8, 4) is 0 Å². The predicted molar refractivity (Wildman–Crippen MR) is 70.5 cm³/mol. The second kappa shape index (κ2) is 5.50. The molecular formula is C14H20N2O2. The number of carbonyl (C=O) groups excluding carboxylic acids is 1. The molecule has 98 valence electrons. The van der Waals surface area contributed by atoms with Crippen molar-refractivity contribution in [1.29, 1.82) is 0 Å². The number of carbonyl (C=O) groups is 1. The minimum Gasteiger partial charge on any atom is -0.412 e. The SMILES string of the molecule is O.O=C(c1ccccc1)N1CCC2CCNC2C1. The summed E-state index contributed by atoms with van der Waals surface area (Å²) in [5, 5.41) is 3.50. The molecule has 0 spiro atoms. The Hall–Kier alpha value is -1.39. The first kappa shape index (κ1) is 13.1. The first-order valence-electron chi connectivity index (χ1n) is 6.42. The highest BCUT2D eigenvalue weighted by molar-refractivity contribution is 5.94. The van der Waals surface area contributed by atoms with Gasteiger partial charge in [0, 0.05) is 24.7 Å². The van der Waals surface area contributed by atoms with Gasteiger partial charge in [-0.3, -0.25) is 4.79 Å². The van der Waals surface area contributed by atoms with Crippen LogP contribution < -0.4 is 5.32 Å². The van der Waals surface area contributed by atoms with Crippen LogP contribution in [-0.2, 0) is 0 Å². The lowest BCUT2D eigenvalue weighted by Crippen LogP contribution is -2.48. The number of amides is 1. The Kier molecular flexibility index (Phi) is 3.99. The summed E-state index contributed by atoms with van der Waals surface area (Å²) in [7, 11) is 0. The molecule has 3 rings (SSSR count). The normalized spacial score (nSPS) is 26.3. The summed E-state index contributed by atoms with van der Waals surface area (Å²) >= 11 is 0. The lowest BCUT2D eigenvalue weighted by Gasteiger charge is -2.35. The van der Waals surface area contributed by atoms with Crippen molar-refractivity contribution in [2.45, 2.75) is 18.9 Å². The lowest BCUT2D eigenvalue weighted by atomic mass is 9.92. The van der Waals surface area contributed by atoms with E-state index in [1.807, 2.05) is 35.2 Å². The Balaban J connectivity index is 0.00000120. The molecule has 2 saturated heterocycles. The van der Waals surface area contributed by atoms with Gasteiger partial charge in [-0.05, 0) is 37.4 Å². The maximum Gasteiger partial charge on any atom is 0.253 e. The number of likely N-dealkylation sites (tertiary alicyclic amines) is 1. The molecule has 1 aromatic rings. The van der Waals surface area contributed by atoms with Gasteiger partial charge in [-0.1, -0.05) is 18.2 Å². The number of nitrogens with zero attached hydrogens (tertiary/aromatic N) is 1. The predicted octanol–water partition coefficient (Wildman–Crippen LogP) is 0.686. The highest BCUT2D eigenvalue weighted by Gasteiger charge is 2.34. The highest BCUT2D eigenvalue weighted by Crippen LogP contribution is 2.25. The molecule has 2 aliphatic heterocycles. The molecule has 4 nitrogen and oxygen atoms in total. The molecule has 1 aromatic carbocycles. The van der Waals surface area contributed by atoms with Gasteiger partial charge in [0.1, 0.15) is 0 Å². The molecular weight excluding hydrogens is 228 g/mol. The second-order valence-corrected chi connectivity index (χ2v) is 5.02. The maximum absolute atomic E-state index is 12.3. The Labute approximate surface area is 107 Å². The zero-order valence-electron chi connectivity index (χ0n) is 10.4. The number of rotatable bonds is 1. The minimum absolute atomic E-state index is 0. The van der Waals surface area contributed by atoms with Crippen molar-refractivity contribution in [2.24, 2.45) is 5.92 Å². The van der Waals surface area contributed by atoms with Crippen molar-refractivity contribution in [3.63, 3.8) is 0 Å². The monoisotopic (exact) mass is 248 g/mol. The van der Waals surface area contributed by atoms with Gasteiger partial charge in [0.2, 0.25) is 0 Å². The van der Waals surface area contributed by atoms with Gasteiger partial charge >= 0.3 is 0 Å². The van der Waals surface area contributed by atoms with Crippen LogP contribution in [0.15, 0.2) is 30.3 Å². The summed E-state index contributed by atoms with van der Waals surface area (Å²) in [5.41, 5.74) is 0.809. The first-order valence-corrected chi connectivity index (χ1v) is 6.42. The largest absolute Gasteiger partial charge is 0.412 e. The molecule has 2 aliphatic rings. The van der Waals surface area contributed by atoms with Crippen LogP contribution in [0.5, 0.6) is 0 Å². The van der Waals surface area contributed by atoms with E-state index in [-0.39, 0.29) is 11.4 Å². The van der Waals surface area contributed by atoms with Gasteiger partial charge in [0.15, 0.2) is 0 Å². The summed E-state index contributed by atoms with van der Waals surface area (Å²) in [6.45, 7) is 2.90. The molecule has 0 saturated carbocycles. The van der Waals surface area contributed by atoms with Crippen molar-refractivity contribution >= 4 is 5.91 Å². The molecule has 1 amide bonds. The van der Waals surface area contributed by atoms with Crippen LogP contribution >= 0.6 is 0 Å². The van der Waals surface area contributed by atoms with Crippen molar-refractivity contribution in [3.05, 3.63) is 35.9 Å². The summed E-state index contributed by atoms with van der Waals surface area (Å²) in [6.07, 6.45) is 2.42. The summed E-state index contributed by atoms with van der Waals surface area (Å²) in [5.74, 6) is 0.965. The third kappa shape index (κ3) is 2.40. The average Bonchev–Trinajstić information content (AvgIpc) is 2.86. The number of hydrogen-bond donors (Lipinski definition) is 1. The van der Waals surface area contributed by atoms with Gasteiger partial charge in [-0.15, -0.1) is 0 Å². The average molecular weight is 248 g/mol. The molecule has 0 radical (unpaired) electrons. The third-order valence-corrected chi connectivity index (χ3v) is 3.99. The summed E-state index contributed by atoms with van der Waals surface area (Å²) in [4.78, 5) is 14.3. The van der Waals surface area contributed by atoms with Gasteiger partial charge in [-0.2, -0.15) is 0 Å². The van der Waals surface area contributed by atoms with Crippen LogP contribution in [0, 0.1) is 5.92 Å². The van der Waals surface area contributed by atoms with E-state index in [1.165, 1.54) is 6.42 Å². The van der Waals surface area contributed by atoms with Gasteiger partial charge in [-0.25, -0.2) is 0 Å². The Morgan fingerprint density at radius 1 is 1.22 bits per heavy atom. The molecule has 2 unspecified atom stereocenters. The topological polar surface area (TPSA) is 63.8 Å². The Morgan fingerprint density at radius 2 is 2.00 bits per heavy atom. The maximum atomic E-state index is 12.3. The highest BCUT2D eigenvalue weighted by atomic mass is 16.2. The number of fused-ring (bicyclic) bond motifs is 1. The molecule has 4 heteroatoms. The van der Waals surface area contributed by atoms with E-state index in [9.17, 15) is 4.79 Å². The van der Waals surface area contributed by atoms with E-state index in [1.54, 1.807) is 0 Å². The van der Waals surface area contributed by atoms with E-state index in [0.717, 1.165) is 37.5 Å². The zero-order valence-corrected chi connectivity index (χ0v) is 10.4. The molecule has 2 fully saturated rings. The van der Waals surface area contributed by atoms with Crippen LogP contribution in [0.25, 0.3) is 0 Å². The Bertz CT molecular complexity index is 408. The first-order chi connectivity index (χ1) is 8.34. The van der Waals surface area contributed by atoms with Crippen LogP contribution in [0.3, 0.4) is 0 Å². The van der Waals surface area contributed by atoms with Gasteiger partial charge in [0.25, 0.3) is 5.91 Å². The summed E-state index contributed by atoms with van der Waals surface area (Å²) < 4.78 is 0. The van der Waals surface area contributed by atoms with E-state index in [0.29, 0.717) is 6.04 Å². The van der Waals surface area contributed by atoms with Crippen molar-refractivity contribution < 1.29 is 10.3 Å². The second-order valence-electron chi connectivity index (χ2n) is 5.02. The molecule has 0 aliphatic carbocycles. The smallest absolute Gasteiger partial charge is 0.253 e. The summed E-state index contributed by atoms with van der Waals surface area (Å²) in [6, 6.07) is 10.1. The fourth-order valence-corrected chi connectivity index (χ4v) is 2.98. The third-order valence-electron chi connectivity index (χ3n) is 3.99. The molecule has 18 heavy (non-hydrogen) atoms. The van der Waals surface area contributed by atoms with Crippen LogP contribution in [0.4, 0.5) is 0 Å². The van der Waals surface area contributed by atoms with Crippen molar-refractivity contribution in [1.82, 2.24) is 10.2 Å². The quantitative estimate of drug-likeness (QED) is 0.794. The van der Waals surface area contributed by atoms with Crippen LogP contribution in [0.1, 0.15) is 23.2 Å². The van der Waals surface area contributed by atoms with E-state index in [2.05, 4.69) is 5.32 Å². The molecule has 2 atom stereocenters. The van der Waals surface area contributed by atoms with Crippen molar-refractivity contribution in [2.75, 3.05) is 19.6 Å². The Morgan fingerprint density at radius 3 is 2.78 bits per heavy atom. The number of piperidine rings is 1. The van der Waals surface area contributed by atoms with E-state index >= 15 is 0 Å². The fraction of sp³-hybridized carbons (Fsp3) is 0.500. The molecule has 3 N–H and O–H groups in total. The van der Waals surface area contributed by atoms with Crippen LogP contribution in [0.2, 0.25) is 0 Å².